The van der Waals surface area contributed by atoms with Gasteiger partial charge in [-0.25, -0.2) is 0 Å². The average molecular weight is 387 g/mol. The molecule has 1 saturated heterocycles. The fraction of sp³-hybridized carbons (Fsp3) is 0.550. The molecule has 8 nitrogen and oxygen atoms in total. The van der Waals surface area contributed by atoms with Crippen LogP contribution in [0, 0.1) is 10.1 Å². The third kappa shape index (κ3) is 4.95. The zero-order valence-corrected chi connectivity index (χ0v) is 17.0. The number of nitro benzene ring substituents is 1. The van der Waals surface area contributed by atoms with E-state index in [4.69, 9.17) is 0 Å². The van der Waals surface area contributed by atoms with E-state index in [1.54, 1.807) is 16.8 Å². The van der Waals surface area contributed by atoms with E-state index in [9.17, 15) is 10.1 Å². The monoisotopic (exact) mass is 386 g/mol. The maximum absolute atomic E-state index is 10.9. The zero-order chi connectivity index (χ0) is 20.1. The van der Waals surface area contributed by atoms with Gasteiger partial charge >= 0.3 is 0 Å². The largest absolute Gasteiger partial charge is 0.311 e. The highest BCUT2D eigenvalue weighted by Gasteiger charge is 2.20. The fourth-order valence-electron chi connectivity index (χ4n) is 3.72. The molecule has 8 heteroatoms. The van der Waals surface area contributed by atoms with Crippen LogP contribution in [-0.2, 0) is 13.6 Å². The van der Waals surface area contributed by atoms with Gasteiger partial charge in [0.25, 0.3) is 5.69 Å². The van der Waals surface area contributed by atoms with Crippen LogP contribution in [0.3, 0.4) is 0 Å². The van der Waals surface area contributed by atoms with E-state index in [0.717, 1.165) is 62.6 Å². The number of piperazine rings is 1. The molecule has 28 heavy (non-hydrogen) atoms. The standard InChI is InChI=1S/C20H30N6O2/c1-4-24-9-11-25(12-10-24)16(2)13-21-14-18-15-23(3)22-20(18)17-5-7-19(8-6-17)26(27)28/h5-8,15-16,21H,4,9-14H2,1-3H3. The van der Waals surface area contributed by atoms with Gasteiger partial charge in [0.15, 0.2) is 0 Å². The molecule has 1 aromatic heterocycles. The SMILES string of the molecule is CCN1CCN(C(C)CNCc2cn(C)nc2-c2ccc([N+](=O)[O-])cc2)CC1. The molecule has 0 amide bonds. The van der Waals surface area contributed by atoms with Crippen molar-refractivity contribution in [3.8, 4) is 11.3 Å². The number of aromatic nitrogens is 2. The van der Waals surface area contributed by atoms with Crippen LogP contribution in [0.4, 0.5) is 5.69 Å². The van der Waals surface area contributed by atoms with Crippen LogP contribution >= 0.6 is 0 Å². The molecule has 3 rings (SSSR count). The van der Waals surface area contributed by atoms with Crippen molar-refractivity contribution in [2.75, 3.05) is 39.3 Å². The van der Waals surface area contributed by atoms with Crippen LogP contribution in [0.15, 0.2) is 30.5 Å². The first-order valence-electron chi connectivity index (χ1n) is 9.92. The molecular weight excluding hydrogens is 356 g/mol. The quantitative estimate of drug-likeness (QED) is 0.553. The Balaban J connectivity index is 1.57. The van der Waals surface area contributed by atoms with Crippen LogP contribution in [0.25, 0.3) is 11.3 Å². The van der Waals surface area contributed by atoms with E-state index in [0.29, 0.717) is 6.04 Å². The molecule has 0 spiro atoms. The molecule has 1 N–H and O–H groups in total. The Bertz CT molecular complexity index is 780. The summed E-state index contributed by atoms with van der Waals surface area (Å²) in [5, 5.41) is 19.0. The lowest BCUT2D eigenvalue weighted by atomic mass is 10.1. The molecular formula is C20H30N6O2. The summed E-state index contributed by atoms with van der Waals surface area (Å²) in [5.41, 5.74) is 2.96. The Kier molecular flexibility index (Phi) is 6.77. The molecule has 2 aromatic rings. The topological polar surface area (TPSA) is 79.5 Å². The van der Waals surface area contributed by atoms with Gasteiger partial charge < -0.3 is 10.2 Å². The van der Waals surface area contributed by atoms with E-state index < -0.39 is 0 Å². The number of rotatable bonds is 8. The predicted molar refractivity (Wildman–Crippen MR) is 110 cm³/mol. The molecule has 1 atom stereocenters. The first-order chi connectivity index (χ1) is 13.5. The number of likely N-dealkylation sites (N-methyl/N-ethyl adjacent to an activating group) is 1. The highest BCUT2D eigenvalue weighted by atomic mass is 16.6. The predicted octanol–water partition coefficient (Wildman–Crippen LogP) is 2.11. The van der Waals surface area contributed by atoms with Crippen LogP contribution < -0.4 is 5.32 Å². The Morgan fingerprint density at radius 2 is 1.89 bits per heavy atom. The minimum Gasteiger partial charge on any atom is -0.311 e. The van der Waals surface area contributed by atoms with Crippen molar-refractivity contribution < 1.29 is 4.92 Å². The highest BCUT2D eigenvalue weighted by molar-refractivity contribution is 5.64. The van der Waals surface area contributed by atoms with Gasteiger partial charge in [-0.2, -0.15) is 5.10 Å². The van der Waals surface area contributed by atoms with Gasteiger partial charge in [0.2, 0.25) is 0 Å². The molecule has 1 aliphatic heterocycles. The molecule has 0 aliphatic carbocycles. The minimum absolute atomic E-state index is 0.0938. The van der Waals surface area contributed by atoms with Crippen molar-refractivity contribution in [2.24, 2.45) is 7.05 Å². The first kappa shape index (κ1) is 20.4. The lowest BCUT2D eigenvalue weighted by Gasteiger charge is -2.37. The van der Waals surface area contributed by atoms with Crippen LogP contribution in [0.5, 0.6) is 0 Å². The van der Waals surface area contributed by atoms with Crippen molar-refractivity contribution >= 4 is 5.69 Å². The molecule has 0 saturated carbocycles. The van der Waals surface area contributed by atoms with Crippen molar-refractivity contribution in [2.45, 2.75) is 26.4 Å². The number of non-ortho nitro benzene ring substituents is 1. The van der Waals surface area contributed by atoms with Gasteiger partial charge in [0, 0.05) is 81.8 Å². The second kappa shape index (κ2) is 9.27. The summed E-state index contributed by atoms with van der Waals surface area (Å²) in [4.78, 5) is 15.5. The molecule has 152 valence electrons. The number of benzene rings is 1. The van der Waals surface area contributed by atoms with Gasteiger partial charge in [-0.05, 0) is 25.6 Å². The van der Waals surface area contributed by atoms with Gasteiger partial charge in [-0.1, -0.05) is 6.92 Å². The Morgan fingerprint density at radius 1 is 1.21 bits per heavy atom. The van der Waals surface area contributed by atoms with Gasteiger partial charge in [0.05, 0.1) is 10.6 Å². The number of nitrogens with one attached hydrogen (secondary N) is 1. The minimum atomic E-state index is -0.383. The maximum atomic E-state index is 10.9. The Morgan fingerprint density at radius 3 is 2.50 bits per heavy atom. The summed E-state index contributed by atoms with van der Waals surface area (Å²) in [6.07, 6.45) is 2.01. The number of hydrogen-bond acceptors (Lipinski definition) is 6. The van der Waals surface area contributed by atoms with E-state index in [1.165, 1.54) is 12.1 Å². The van der Waals surface area contributed by atoms with E-state index in [2.05, 4.69) is 34.1 Å². The van der Waals surface area contributed by atoms with Crippen molar-refractivity contribution in [1.29, 1.82) is 0 Å². The summed E-state index contributed by atoms with van der Waals surface area (Å²) < 4.78 is 1.79. The normalized spacial score (nSPS) is 17.0. The van der Waals surface area contributed by atoms with Gasteiger partial charge in [0.1, 0.15) is 0 Å². The molecule has 1 aliphatic rings. The molecule has 1 fully saturated rings. The lowest BCUT2D eigenvalue weighted by molar-refractivity contribution is -0.384. The number of aryl methyl sites for hydroxylation is 1. The zero-order valence-electron chi connectivity index (χ0n) is 17.0. The second-order valence-electron chi connectivity index (χ2n) is 7.43. The third-order valence-electron chi connectivity index (χ3n) is 5.49. The summed E-state index contributed by atoms with van der Waals surface area (Å²) >= 11 is 0. The number of nitro groups is 1. The lowest BCUT2D eigenvalue weighted by Crippen LogP contribution is -2.51. The number of nitrogens with zero attached hydrogens (tertiary/aromatic N) is 5. The van der Waals surface area contributed by atoms with Crippen LogP contribution in [-0.4, -0.2) is 69.8 Å². The van der Waals surface area contributed by atoms with Crippen LogP contribution in [0.1, 0.15) is 19.4 Å². The Labute approximate surface area is 166 Å². The van der Waals surface area contributed by atoms with E-state index in [-0.39, 0.29) is 10.6 Å². The molecule has 0 bridgehead atoms. The van der Waals surface area contributed by atoms with Gasteiger partial charge in [-0.3, -0.25) is 19.7 Å². The summed E-state index contributed by atoms with van der Waals surface area (Å²) in [6, 6.07) is 7.07. The highest BCUT2D eigenvalue weighted by Crippen LogP contribution is 2.24. The summed E-state index contributed by atoms with van der Waals surface area (Å²) in [7, 11) is 1.90. The van der Waals surface area contributed by atoms with Crippen molar-refractivity contribution in [3.05, 3.63) is 46.1 Å². The van der Waals surface area contributed by atoms with E-state index >= 15 is 0 Å². The van der Waals surface area contributed by atoms with Crippen molar-refractivity contribution in [1.82, 2.24) is 24.9 Å². The molecule has 1 aromatic carbocycles. The second-order valence-corrected chi connectivity index (χ2v) is 7.43. The van der Waals surface area contributed by atoms with Crippen LogP contribution in [0.2, 0.25) is 0 Å². The molecule has 2 heterocycles. The first-order valence-corrected chi connectivity index (χ1v) is 9.92. The van der Waals surface area contributed by atoms with Crippen molar-refractivity contribution in [3.63, 3.8) is 0 Å². The summed E-state index contributed by atoms with van der Waals surface area (Å²) in [5.74, 6) is 0. The third-order valence-corrected chi connectivity index (χ3v) is 5.49. The number of hydrogen-bond donors (Lipinski definition) is 1. The molecule has 0 radical (unpaired) electrons. The molecule has 1 unspecified atom stereocenters. The van der Waals surface area contributed by atoms with E-state index in [1.807, 2.05) is 13.2 Å². The average Bonchev–Trinajstić information content (AvgIpc) is 3.08. The van der Waals surface area contributed by atoms with Gasteiger partial charge in [-0.15, -0.1) is 0 Å². The Hall–Kier alpha value is -2.29. The maximum Gasteiger partial charge on any atom is 0.269 e. The smallest absolute Gasteiger partial charge is 0.269 e. The summed E-state index contributed by atoms with van der Waals surface area (Å²) in [6.45, 7) is 11.8. The fourth-order valence-corrected chi connectivity index (χ4v) is 3.72.